The minimum absolute atomic E-state index is 0.00443. The van der Waals surface area contributed by atoms with Crippen molar-refractivity contribution in [3.05, 3.63) is 47.6 Å². The summed E-state index contributed by atoms with van der Waals surface area (Å²) in [4.78, 5) is 14.5. The van der Waals surface area contributed by atoms with Gasteiger partial charge in [0, 0.05) is 18.0 Å². The number of carbonyl (C=O) groups is 1. The molecule has 0 bridgehead atoms. The number of phenols is 1. The molecular weight excluding hydrogens is 374 g/mol. The van der Waals surface area contributed by atoms with Crippen molar-refractivity contribution < 1.29 is 15.0 Å². The van der Waals surface area contributed by atoms with Crippen LogP contribution in [0.3, 0.4) is 0 Å². The molecule has 2 unspecified atom stereocenters. The Morgan fingerprint density at radius 2 is 1.90 bits per heavy atom. The lowest BCUT2D eigenvalue weighted by Crippen LogP contribution is -2.60. The molecule has 1 heterocycles. The van der Waals surface area contributed by atoms with Crippen molar-refractivity contribution in [3.8, 4) is 5.75 Å². The van der Waals surface area contributed by atoms with E-state index in [4.69, 9.17) is 0 Å². The average molecular weight is 408 g/mol. The third-order valence-corrected chi connectivity index (χ3v) is 9.20. The summed E-state index contributed by atoms with van der Waals surface area (Å²) in [6.07, 6.45) is 10.9. The summed E-state index contributed by atoms with van der Waals surface area (Å²) in [6, 6.07) is 7.45. The van der Waals surface area contributed by atoms with Crippen molar-refractivity contribution >= 4 is 12.0 Å². The number of carbonyl (C=O) groups excluding carboxylic acids is 1. The van der Waals surface area contributed by atoms with E-state index in [-0.39, 0.29) is 34.6 Å². The van der Waals surface area contributed by atoms with Crippen LogP contribution in [0.25, 0.3) is 6.08 Å². The second-order valence-electron chi connectivity index (χ2n) is 10.5. The maximum absolute atomic E-state index is 12.6. The standard InChI is InChI=1S/C26H33NO3/c1-25-12-10-20-18(19(25)8-9-22(25)29)15-17(14-16-6-4-5-7-21(16)28)24-26(20,2)13-11-23(30)27(24)3/h4-7,11,13-14,18-20,22,24,28-29H,8-10,12,15H2,1-3H3/t18-,19-,20+,22?,24?,25-,26+/m0/s1. The van der Waals surface area contributed by atoms with E-state index in [1.807, 2.05) is 30.1 Å². The number of likely N-dealkylation sites (N-methyl/N-ethyl adjacent to an activating group) is 1. The van der Waals surface area contributed by atoms with Crippen molar-refractivity contribution in [3.63, 3.8) is 0 Å². The van der Waals surface area contributed by atoms with Crippen LogP contribution in [-0.2, 0) is 4.79 Å². The Labute approximate surface area is 179 Å². The number of para-hydroxylation sites is 1. The number of nitrogens with zero attached hydrogens (tertiary/aromatic N) is 1. The van der Waals surface area contributed by atoms with Gasteiger partial charge in [-0.1, -0.05) is 38.1 Å². The first-order chi connectivity index (χ1) is 14.3. The molecule has 3 fully saturated rings. The third kappa shape index (κ3) is 2.65. The molecule has 1 aliphatic heterocycles. The summed E-state index contributed by atoms with van der Waals surface area (Å²) in [5, 5.41) is 21.2. The maximum Gasteiger partial charge on any atom is 0.246 e. The van der Waals surface area contributed by atoms with E-state index in [9.17, 15) is 15.0 Å². The number of aliphatic hydroxyl groups is 1. The molecule has 7 atom stereocenters. The lowest BCUT2D eigenvalue weighted by Gasteiger charge is -2.60. The van der Waals surface area contributed by atoms with Gasteiger partial charge < -0.3 is 15.1 Å². The number of hydrogen-bond acceptors (Lipinski definition) is 3. The number of rotatable bonds is 1. The molecular formula is C26H33NO3. The number of amides is 1. The second kappa shape index (κ2) is 6.71. The van der Waals surface area contributed by atoms with Gasteiger partial charge in [-0.25, -0.2) is 0 Å². The highest BCUT2D eigenvalue weighted by Crippen LogP contribution is 2.64. The molecule has 4 heteroatoms. The van der Waals surface area contributed by atoms with E-state index in [0.29, 0.717) is 17.8 Å². The maximum atomic E-state index is 12.6. The lowest BCUT2D eigenvalue weighted by atomic mass is 9.47. The zero-order valence-corrected chi connectivity index (χ0v) is 18.2. The van der Waals surface area contributed by atoms with Gasteiger partial charge in [0.15, 0.2) is 0 Å². The van der Waals surface area contributed by atoms with Crippen LogP contribution in [0, 0.1) is 28.6 Å². The zero-order valence-electron chi connectivity index (χ0n) is 18.2. The van der Waals surface area contributed by atoms with E-state index < -0.39 is 0 Å². The van der Waals surface area contributed by atoms with Gasteiger partial charge in [0.05, 0.1) is 12.1 Å². The Kier molecular flexibility index (Phi) is 4.45. The van der Waals surface area contributed by atoms with Crippen LogP contribution in [0.5, 0.6) is 5.75 Å². The monoisotopic (exact) mass is 407 g/mol. The van der Waals surface area contributed by atoms with Crippen LogP contribution >= 0.6 is 0 Å². The van der Waals surface area contributed by atoms with Gasteiger partial charge in [-0.15, -0.1) is 0 Å². The molecule has 30 heavy (non-hydrogen) atoms. The summed E-state index contributed by atoms with van der Waals surface area (Å²) in [7, 11) is 1.92. The number of hydrogen-bond donors (Lipinski definition) is 2. The second-order valence-corrected chi connectivity index (χ2v) is 10.5. The van der Waals surface area contributed by atoms with Crippen LogP contribution in [0.4, 0.5) is 0 Å². The van der Waals surface area contributed by atoms with Gasteiger partial charge in [-0.3, -0.25) is 4.79 Å². The predicted octanol–water partition coefficient (Wildman–Crippen LogP) is 4.39. The molecule has 0 radical (unpaired) electrons. The topological polar surface area (TPSA) is 60.8 Å². The molecule has 0 saturated heterocycles. The number of benzene rings is 1. The molecule has 1 aromatic rings. The molecule has 1 amide bonds. The first kappa shape index (κ1) is 19.9. The van der Waals surface area contributed by atoms with Crippen molar-refractivity contribution in [1.29, 1.82) is 0 Å². The summed E-state index contributed by atoms with van der Waals surface area (Å²) in [5.74, 6) is 1.83. The summed E-state index contributed by atoms with van der Waals surface area (Å²) < 4.78 is 0. The number of phenolic OH excluding ortho intramolecular Hbond substituents is 1. The molecule has 1 aromatic carbocycles. The highest BCUT2D eigenvalue weighted by Gasteiger charge is 2.61. The smallest absolute Gasteiger partial charge is 0.246 e. The minimum Gasteiger partial charge on any atom is -0.507 e. The fourth-order valence-corrected chi connectivity index (χ4v) is 7.63. The molecule has 4 nitrogen and oxygen atoms in total. The molecule has 2 N–H and O–H groups in total. The van der Waals surface area contributed by atoms with E-state index >= 15 is 0 Å². The Morgan fingerprint density at radius 3 is 2.67 bits per heavy atom. The number of aliphatic hydroxyl groups excluding tert-OH is 1. The van der Waals surface area contributed by atoms with Crippen molar-refractivity contribution in [2.24, 2.45) is 28.6 Å². The Bertz CT molecular complexity index is 936. The first-order valence-electron chi connectivity index (χ1n) is 11.4. The Balaban J connectivity index is 1.64. The molecule has 160 valence electrons. The molecule has 4 aliphatic rings. The van der Waals surface area contributed by atoms with Gasteiger partial charge in [0.2, 0.25) is 5.91 Å². The van der Waals surface area contributed by atoms with E-state index in [1.54, 1.807) is 12.1 Å². The normalized spacial score (nSPS) is 44.0. The van der Waals surface area contributed by atoms with Crippen molar-refractivity contribution in [2.45, 2.75) is 58.1 Å². The van der Waals surface area contributed by atoms with Gasteiger partial charge in [-0.2, -0.15) is 0 Å². The average Bonchev–Trinajstić information content (AvgIpc) is 3.02. The summed E-state index contributed by atoms with van der Waals surface area (Å²) >= 11 is 0. The molecule has 5 rings (SSSR count). The zero-order chi connectivity index (χ0) is 21.3. The summed E-state index contributed by atoms with van der Waals surface area (Å²) in [5.41, 5.74) is 1.92. The minimum atomic E-state index is -0.203. The van der Waals surface area contributed by atoms with E-state index in [0.717, 1.165) is 37.7 Å². The van der Waals surface area contributed by atoms with Gasteiger partial charge >= 0.3 is 0 Å². The van der Waals surface area contributed by atoms with Crippen LogP contribution in [0.1, 0.15) is 51.5 Å². The van der Waals surface area contributed by atoms with Crippen LogP contribution in [0.2, 0.25) is 0 Å². The van der Waals surface area contributed by atoms with Gasteiger partial charge in [0.25, 0.3) is 0 Å². The van der Waals surface area contributed by atoms with Gasteiger partial charge in [0.1, 0.15) is 5.75 Å². The number of aromatic hydroxyl groups is 1. The largest absolute Gasteiger partial charge is 0.507 e. The molecule has 0 spiro atoms. The quantitative estimate of drug-likeness (QED) is 0.726. The highest BCUT2D eigenvalue weighted by atomic mass is 16.3. The first-order valence-corrected chi connectivity index (χ1v) is 11.4. The van der Waals surface area contributed by atoms with E-state index in [1.165, 1.54) is 5.57 Å². The third-order valence-electron chi connectivity index (χ3n) is 9.20. The number of fused-ring (bicyclic) bond motifs is 5. The highest BCUT2D eigenvalue weighted by molar-refractivity contribution is 5.89. The fourth-order valence-electron chi connectivity index (χ4n) is 7.63. The van der Waals surface area contributed by atoms with Gasteiger partial charge in [-0.05, 0) is 79.1 Å². The SMILES string of the molecule is CN1C(=O)C=C[C@@]2(C)C1C(=Cc1ccccc1O)C[C@@H]1[C@H]2CC[C@]2(C)C(O)CC[C@@H]12. The molecule has 0 aromatic heterocycles. The molecule has 3 aliphatic carbocycles. The Hall–Kier alpha value is -2.07. The predicted molar refractivity (Wildman–Crippen MR) is 118 cm³/mol. The van der Waals surface area contributed by atoms with Crippen molar-refractivity contribution in [1.82, 2.24) is 4.90 Å². The fraction of sp³-hybridized carbons (Fsp3) is 0.577. The summed E-state index contributed by atoms with van der Waals surface area (Å²) in [6.45, 7) is 4.61. The molecule has 3 saturated carbocycles. The lowest BCUT2D eigenvalue weighted by molar-refractivity contribution is -0.135. The van der Waals surface area contributed by atoms with E-state index in [2.05, 4.69) is 26.0 Å². The van der Waals surface area contributed by atoms with Crippen LogP contribution < -0.4 is 0 Å². The Morgan fingerprint density at radius 1 is 1.13 bits per heavy atom. The van der Waals surface area contributed by atoms with Crippen LogP contribution in [-0.4, -0.2) is 40.2 Å². The van der Waals surface area contributed by atoms with Crippen LogP contribution in [0.15, 0.2) is 42.0 Å². The van der Waals surface area contributed by atoms with Crippen molar-refractivity contribution in [2.75, 3.05) is 7.05 Å².